The molecule has 4 heteroatoms. The van der Waals surface area contributed by atoms with Crippen LogP contribution in [-0.4, -0.2) is 24.4 Å². The molecule has 2 unspecified atom stereocenters. The smallest absolute Gasteiger partial charge is 0.250 e. The highest BCUT2D eigenvalue weighted by atomic mass is 35.5. The molecular weight excluding hydrogens is 208 g/mol. The Labute approximate surface area is 89.2 Å². The molecule has 0 heterocycles. The first-order chi connectivity index (χ1) is 6.39. The molecule has 0 aromatic carbocycles. The maximum atomic E-state index is 12.0. The van der Waals surface area contributed by atoms with E-state index in [1.807, 2.05) is 0 Å². The van der Waals surface area contributed by atoms with Gasteiger partial charge in [0.05, 0.1) is 6.54 Å². The van der Waals surface area contributed by atoms with Crippen molar-refractivity contribution in [2.24, 2.45) is 5.41 Å². The van der Waals surface area contributed by atoms with Crippen molar-refractivity contribution in [2.75, 3.05) is 6.54 Å². The summed E-state index contributed by atoms with van der Waals surface area (Å²) in [7, 11) is 0. The van der Waals surface area contributed by atoms with Crippen LogP contribution in [0.5, 0.6) is 0 Å². The molecule has 84 valence electrons. The lowest BCUT2D eigenvalue weighted by Crippen LogP contribution is -2.42. The number of halogens is 3. The van der Waals surface area contributed by atoms with Crippen molar-refractivity contribution in [1.82, 2.24) is 5.32 Å². The van der Waals surface area contributed by atoms with Gasteiger partial charge in [0.15, 0.2) is 0 Å². The van der Waals surface area contributed by atoms with Crippen LogP contribution in [0.15, 0.2) is 0 Å². The normalized spacial score (nSPS) is 32.1. The summed E-state index contributed by atoms with van der Waals surface area (Å²) in [6.07, 6.45) is 0.441. The second-order valence-corrected chi connectivity index (χ2v) is 5.52. The first-order valence-electron chi connectivity index (χ1n) is 5.05. The molecule has 1 N–H and O–H groups in total. The molecule has 0 aromatic rings. The van der Waals surface area contributed by atoms with Crippen LogP contribution in [0, 0.1) is 5.41 Å². The second kappa shape index (κ2) is 4.75. The zero-order valence-electron chi connectivity index (χ0n) is 8.69. The molecule has 1 rings (SSSR count). The van der Waals surface area contributed by atoms with Gasteiger partial charge in [0.1, 0.15) is 0 Å². The minimum Gasteiger partial charge on any atom is -0.309 e. The summed E-state index contributed by atoms with van der Waals surface area (Å²) in [5.74, 6) is 0. The molecule has 1 aliphatic carbocycles. The van der Waals surface area contributed by atoms with Gasteiger partial charge in [0.2, 0.25) is 0 Å². The van der Waals surface area contributed by atoms with E-state index in [2.05, 4.69) is 19.2 Å². The SMILES string of the molecule is CC1(C)CC(Cl)CC(NCC(F)F)C1. The first kappa shape index (κ1) is 12.2. The number of hydrogen-bond donors (Lipinski definition) is 1. The van der Waals surface area contributed by atoms with Crippen LogP contribution in [0.25, 0.3) is 0 Å². The third-order valence-electron chi connectivity index (χ3n) is 2.67. The monoisotopic (exact) mass is 225 g/mol. The van der Waals surface area contributed by atoms with E-state index in [1.165, 1.54) is 0 Å². The number of nitrogens with one attached hydrogen (secondary N) is 1. The van der Waals surface area contributed by atoms with E-state index in [0.29, 0.717) is 0 Å². The first-order valence-corrected chi connectivity index (χ1v) is 5.48. The maximum absolute atomic E-state index is 12.0. The van der Waals surface area contributed by atoms with Gasteiger partial charge >= 0.3 is 0 Å². The van der Waals surface area contributed by atoms with Gasteiger partial charge in [-0.1, -0.05) is 13.8 Å². The van der Waals surface area contributed by atoms with E-state index >= 15 is 0 Å². The van der Waals surface area contributed by atoms with Gasteiger partial charge in [-0.25, -0.2) is 8.78 Å². The fourth-order valence-corrected chi connectivity index (χ4v) is 2.87. The quantitative estimate of drug-likeness (QED) is 0.729. The molecule has 1 fully saturated rings. The van der Waals surface area contributed by atoms with Crippen LogP contribution in [0.1, 0.15) is 33.1 Å². The van der Waals surface area contributed by atoms with Gasteiger partial charge in [-0.05, 0) is 24.7 Å². The Bertz CT molecular complexity index is 185. The summed E-state index contributed by atoms with van der Waals surface area (Å²) >= 11 is 6.08. The maximum Gasteiger partial charge on any atom is 0.250 e. The molecule has 0 spiro atoms. The minimum atomic E-state index is -2.27. The summed E-state index contributed by atoms with van der Waals surface area (Å²) in [4.78, 5) is 0. The lowest BCUT2D eigenvalue weighted by Gasteiger charge is -2.38. The van der Waals surface area contributed by atoms with Crippen molar-refractivity contribution in [1.29, 1.82) is 0 Å². The largest absolute Gasteiger partial charge is 0.309 e. The highest BCUT2D eigenvalue weighted by Crippen LogP contribution is 2.37. The minimum absolute atomic E-state index is 0.119. The molecule has 1 aliphatic rings. The highest BCUT2D eigenvalue weighted by Gasteiger charge is 2.32. The van der Waals surface area contributed by atoms with E-state index in [0.717, 1.165) is 19.3 Å². The fraction of sp³-hybridized carbons (Fsp3) is 1.00. The molecule has 0 aromatic heterocycles. The Morgan fingerprint density at radius 2 is 2.07 bits per heavy atom. The van der Waals surface area contributed by atoms with Crippen LogP contribution >= 0.6 is 11.6 Å². The van der Waals surface area contributed by atoms with Crippen molar-refractivity contribution in [3.05, 3.63) is 0 Å². The second-order valence-electron chi connectivity index (χ2n) is 4.90. The van der Waals surface area contributed by atoms with Gasteiger partial charge in [-0.15, -0.1) is 11.6 Å². The summed E-state index contributed by atoms with van der Waals surface area (Å²) in [6.45, 7) is 4.06. The Morgan fingerprint density at radius 3 is 2.57 bits per heavy atom. The third kappa shape index (κ3) is 4.09. The summed E-state index contributed by atoms with van der Waals surface area (Å²) in [5.41, 5.74) is 0.171. The average Bonchev–Trinajstić information content (AvgIpc) is 1.96. The molecule has 0 radical (unpaired) electrons. The molecule has 0 saturated heterocycles. The Morgan fingerprint density at radius 1 is 1.43 bits per heavy atom. The molecule has 14 heavy (non-hydrogen) atoms. The van der Waals surface area contributed by atoms with E-state index in [4.69, 9.17) is 11.6 Å². The van der Waals surface area contributed by atoms with E-state index < -0.39 is 6.43 Å². The van der Waals surface area contributed by atoms with Crippen LogP contribution in [0.4, 0.5) is 8.78 Å². The van der Waals surface area contributed by atoms with Crippen molar-refractivity contribution in [2.45, 2.75) is 51.0 Å². The molecule has 2 atom stereocenters. The highest BCUT2D eigenvalue weighted by molar-refractivity contribution is 6.20. The van der Waals surface area contributed by atoms with Crippen molar-refractivity contribution in [3.8, 4) is 0 Å². The van der Waals surface area contributed by atoms with Gasteiger partial charge < -0.3 is 5.32 Å². The molecular formula is C10H18ClF2N. The number of rotatable bonds is 3. The average molecular weight is 226 g/mol. The molecule has 0 bridgehead atoms. The molecule has 1 nitrogen and oxygen atoms in total. The van der Waals surface area contributed by atoms with Crippen LogP contribution in [0.2, 0.25) is 0 Å². The molecule has 0 amide bonds. The zero-order chi connectivity index (χ0) is 10.8. The van der Waals surface area contributed by atoms with Crippen molar-refractivity contribution in [3.63, 3.8) is 0 Å². The Kier molecular flexibility index (Phi) is 4.14. The number of alkyl halides is 3. The Hall–Kier alpha value is 0.110. The van der Waals surface area contributed by atoms with Gasteiger partial charge in [0.25, 0.3) is 6.43 Å². The van der Waals surface area contributed by atoms with Crippen LogP contribution in [0.3, 0.4) is 0 Å². The van der Waals surface area contributed by atoms with E-state index in [9.17, 15) is 8.78 Å². The van der Waals surface area contributed by atoms with E-state index in [-0.39, 0.29) is 23.4 Å². The van der Waals surface area contributed by atoms with Crippen molar-refractivity contribution < 1.29 is 8.78 Å². The zero-order valence-corrected chi connectivity index (χ0v) is 9.45. The predicted octanol–water partition coefficient (Wildman–Crippen LogP) is 3.03. The topological polar surface area (TPSA) is 12.0 Å². The predicted molar refractivity (Wildman–Crippen MR) is 55.1 cm³/mol. The van der Waals surface area contributed by atoms with Gasteiger partial charge in [-0.3, -0.25) is 0 Å². The fourth-order valence-electron chi connectivity index (χ4n) is 2.24. The lowest BCUT2D eigenvalue weighted by molar-refractivity contribution is 0.126. The standard InChI is InChI=1S/C10H18ClF2N/c1-10(2)4-7(11)3-8(5-10)14-6-9(12)13/h7-9,14H,3-6H2,1-2H3. The summed E-state index contributed by atoms with van der Waals surface area (Å²) in [5, 5.41) is 2.99. The van der Waals surface area contributed by atoms with Crippen molar-refractivity contribution >= 4 is 11.6 Å². The Balaban J connectivity index is 2.38. The van der Waals surface area contributed by atoms with Crippen LogP contribution in [-0.2, 0) is 0 Å². The molecule has 1 saturated carbocycles. The lowest BCUT2D eigenvalue weighted by atomic mass is 9.75. The summed E-state index contributed by atoms with van der Waals surface area (Å²) < 4.78 is 24.0. The third-order valence-corrected chi connectivity index (χ3v) is 3.01. The van der Waals surface area contributed by atoms with E-state index in [1.54, 1.807) is 0 Å². The van der Waals surface area contributed by atoms with Gasteiger partial charge in [0, 0.05) is 11.4 Å². The van der Waals surface area contributed by atoms with Crippen LogP contribution < -0.4 is 5.32 Å². The van der Waals surface area contributed by atoms with Gasteiger partial charge in [-0.2, -0.15) is 0 Å². The summed E-state index contributed by atoms with van der Waals surface area (Å²) in [6, 6.07) is 0.148. The number of hydrogen-bond acceptors (Lipinski definition) is 1. The molecule has 0 aliphatic heterocycles.